The molecule has 1 aliphatic heterocycles. The van der Waals surface area contributed by atoms with E-state index in [9.17, 15) is 19.1 Å². The number of thiophene rings is 1. The van der Waals surface area contributed by atoms with Gasteiger partial charge in [-0.3, -0.25) is 0 Å². The Bertz CT molecular complexity index is 840. The lowest BCUT2D eigenvalue weighted by Gasteiger charge is -2.30. The minimum Gasteiger partial charge on any atom is -0.478 e. The van der Waals surface area contributed by atoms with Crippen molar-refractivity contribution in [1.29, 1.82) is 5.26 Å². The fourth-order valence-electron chi connectivity index (χ4n) is 2.74. The van der Waals surface area contributed by atoms with E-state index in [-0.39, 0.29) is 42.3 Å². The minimum absolute atomic E-state index is 0.102. The van der Waals surface area contributed by atoms with Gasteiger partial charge in [0.25, 0.3) is 0 Å². The van der Waals surface area contributed by atoms with Gasteiger partial charge in [-0.1, -0.05) is 0 Å². The van der Waals surface area contributed by atoms with Crippen molar-refractivity contribution in [2.75, 3.05) is 33.5 Å². The van der Waals surface area contributed by atoms with Crippen molar-refractivity contribution in [1.82, 2.24) is 5.32 Å². The smallest absolute Gasteiger partial charge is 0.336 e. The monoisotopic (exact) mass is 395 g/mol. The summed E-state index contributed by atoms with van der Waals surface area (Å²) in [6, 6.07) is 5.01. The molecule has 8 nitrogen and oxygen atoms in total. The molecule has 0 fully saturated rings. The van der Waals surface area contributed by atoms with Gasteiger partial charge in [-0.25, -0.2) is 14.0 Å². The second-order valence-electron chi connectivity index (χ2n) is 5.43. The van der Waals surface area contributed by atoms with Gasteiger partial charge in [0.2, 0.25) is 0 Å². The molecule has 0 radical (unpaired) electrons. The number of ether oxygens (including phenoxy) is 2. The lowest BCUT2D eigenvalue weighted by atomic mass is 9.84. The van der Waals surface area contributed by atoms with E-state index in [2.05, 4.69) is 5.32 Å². The predicted molar refractivity (Wildman–Crippen MR) is 94.5 cm³/mol. The third-order valence-corrected chi connectivity index (χ3v) is 4.88. The van der Waals surface area contributed by atoms with Crippen LogP contribution in [-0.4, -0.2) is 50.6 Å². The summed E-state index contributed by atoms with van der Waals surface area (Å²) in [4.78, 5) is 25.1. The fourth-order valence-corrected chi connectivity index (χ4v) is 3.67. The Morgan fingerprint density at radius 3 is 2.67 bits per heavy atom. The van der Waals surface area contributed by atoms with E-state index in [4.69, 9.17) is 20.5 Å². The third-order valence-electron chi connectivity index (χ3n) is 3.83. The zero-order valence-electron chi connectivity index (χ0n) is 14.5. The molecular formula is C17H18FN3O5S. The Labute approximate surface area is 158 Å². The van der Waals surface area contributed by atoms with E-state index in [1.165, 1.54) is 6.07 Å². The lowest BCUT2D eigenvalue weighted by Crippen LogP contribution is -2.35. The second kappa shape index (κ2) is 9.27. The highest BCUT2D eigenvalue weighted by Gasteiger charge is 2.39. The molecule has 0 aromatic carbocycles. The quantitative estimate of drug-likeness (QED) is 0.439. The number of halogens is 1. The zero-order valence-corrected chi connectivity index (χ0v) is 15.3. The number of carbonyl (C=O) groups excluding carboxylic acids is 1. The summed E-state index contributed by atoms with van der Waals surface area (Å²) in [6.45, 7) is -0.776. The molecule has 0 spiro atoms. The van der Waals surface area contributed by atoms with Gasteiger partial charge in [0.05, 0.1) is 48.8 Å². The molecule has 0 saturated carbocycles. The topological polar surface area (TPSA) is 135 Å². The molecule has 1 atom stereocenters. The van der Waals surface area contributed by atoms with Crippen molar-refractivity contribution in [2.24, 2.45) is 5.73 Å². The average Bonchev–Trinajstić information content (AvgIpc) is 3.15. The number of carbonyl (C=O) groups is 2. The van der Waals surface area contributed by atoms with Crippen molar-refractivity contribution in [3.05, 3.63) is 44.4 Å². The molecule has 144 valence electrons. The first-order chi connectivity index (χ1) is 13.0. The molecule has 2 heterocycles. The summed E-state index contributed by atoms with van der Waals surface area (Å²) >= 11 is 1.02. The van der Waals surface area contributed by atoms with Crippen LogP contribution in [0.25, 0.3) is 0 Å². The lowest BCUT2D eigenvalue weighted by molar-refractivity contribution is -0.136. The number of alkyl halides is 1. The van der Waals surface area contributed by atoms with Crippen molar-refractivity contribution >= 4 is 23.3 Å². The van der Waals surface area contributed by atoms with Crippen molar-refractivity contribution in [2.45, 2.75) is 5.92 Å². The van der Waals surface area contributed by atoms with E-state index >= 15 is 0 Å². The Balaban J connectivity index is 2.65. The Hall–Kier alpha value is -2.74. The number of allylic oxidation sites excluding steroid dienone is 1. The molecular weight excluding hydrogens is 377 g/mol. The number of dihydropyridines is 1. The minimum atomic E-state index is -1.30. The molecule has 27 heavy (non-hydrogen) atoms. The summed E-state index contributed by atoms with van der Waals surface area (Å²) < 4.78 is 23.7. The van der Waals surface area contributed by atoms with Crippen LogP contribution in [0.1, 0.15) is 15.7 Å². The Morgan fingerprint density at radius 1 is 1.41 bits per heavy atom. The second-order valence-corrected chi connectivity index (χ2v) is 6.54. The van der Waals surface area contributed by atoms with Crippen LogP contribution in [0.15, 0.2) is 34.7 Å². The first-order valence-electron chi connectivity index (χ1n) is 7.86. The number of hydrogen-bond acceptors (Lipinski definition) is 8. The Morgan fingerprint density at radius 2 is 2.15 bits per heavy atom. The standard InChI is InChI=1S/C17H18FN3O5S/c1-25-17(24)14-10(6-18)21-11(8-26-5-4-19)13(16(22)23)15(14)12-3-2-9(7-20)27-12/h2-3,15,21H,4-6,8,19H2,1H3,(H,22,23). The van der Waals surface area contributed by atoms with E-state index in [0.29, 0.717) is 9.75 Å². The van der Waals surface area contributed by atoms with Crippen LogP contribution in [0.5, 0.6) is 0 Å². The molecule has 1 aromatic heterocycles. The van der Waals surface area contributed by atoms with E-state index in [1.54, 1.807) is 6.07 Å². The summed E-state index contributed by atoms with van der Waals surface area (Å²) in [5.41, 5.74) is 5.07. The van der Waals surface area contributed by atoms with Gasteiger partial charge < -0.3 is 25.6 Å². The molecule has 0 aliphatic carbocycles. The molecule has 0 bridgehead atoms. The number of aliphatic carboxylic acids is 1. The fraction of sp³-hybridized carbons (Fsp3) is 0.353. The first kappa shape index (κ1) is 20.6. The van der Waals surface area contributed by atoms with Gasteiger partial charge in [-0.2, -0.15) is 5.26 Å². The van der Waals surface area contributed by atoms with Gasteiger partial charge in [-0.05, 0) is 12.1 Å². The summed E-state index contributed by atoms with van der Waals surface area (Å²) in [5, 5.41) is 21.5. The van der Waals surface area contributed by atoms with E-state index < -0.39 is 24.5 Å². The van der Waals surface area contributed by atoms with Crippen molar-refractivity contribution in [3.63, 3.8) is 0 Å². The van der Waals surface area contributed by atoms with Crippen LogP contribution in [0.2, 0.25) is 0 Å². The number of esters is 1. The molecule has 0 amide bonds. The largest absolute Gasteiger partial charge is 0.478 e. The molecule has 2 rings (SSSR count). The maximum Gasteiger partial charge on any atom is 0.336 e. The first-order valence-corrected chi connectivity index (χ1v) is 8.68. The van der Waals surface area contributed by atoms with Gasteiger partial charge in [0.1, 0.15) is 17.6 Å². The van der Waals surface area contributed by atoms with E-state index in [0.717, 1.165) is 18.4 Å². The molecule has 1 aromatic rings. The van der Waals surface area contributed by atoms with Crippen LogP contribution in [0, 0.1) is 11.3 Å². The van der Waals surface area contributed by atoms with Crippen LogP contribution in [-0.2, 0) is 19.1 Å². The number of nitrogens with zero attached hydrogens (tertiary/aromatic N) is 1. The van der Waals surface area contributed by atoms with Crippen molar-refractivity contribution < 1.29 is 28.6 Å². The molecule has 1 aliphatic rings. The average molecular weight is 395 g/mol. The van der Waals surface area contributed by atoms with E-state index in [1.807, 2.05) is 6.07 Å². The van der Waals surface area contributed by atoms with Gasteiger partial charge >= 0.3 is 11.9 Å². The maximum absolute atomic E-state index is 13.7. The predicted octanol–water partition coefficient (Wildman–Crippen LogP) is 1.02. The number of carboxylic acid groups (broad SMARTS) is 1. The maximum atomic E-state index is 13.7. The highest BCUT2D eigenvalue weighted by molar-refractivity contribution is 7.12. The number of methoxy groups -OCH3 is 1. The third kappa shape index (κ3) is 4.33. The van der Waals surface area contributed by atoms with Gasteiger partial charge in [-0.15, -0.1) is 11.3 Å². The number of nitrogens with two attached hydrogens (primary N) is 1. The highest BCUT2D eigenvalue weighted by atomic mass is 32.1. The number of nitriles is 1. The Kier molecular flexibility index (Phi) is 7.06. The normalized spacial score (nSPS) is 16.7. The van der Waals surface area contributed by atoms with Crippen LogP contribution in [0.4, 0.5) is 4.39 Å². The van der Waals surface area contributed by atoms with Crippen LogP contribution >= 0.6 is 11.3 Å². The molecule has 1 unspecified atom stereocenters. The SMILES string of the molecule is COC(=O)C1=C(CF)NC(COCCN)=C(C(=O)O)C1c1ccc(C#N)s1. The highest BCUT2D eigenvalue weighted by Crippen LogP contribution is 2.41. The summed E-state index contributed by atoms with van der Waals surface area (Å²) in [7, 11) is 1.13. The number of nitrogens with one attached hydrogen (secondary N) is 1. The van der Waals surface area contributed by atoms with Crippen LogP contribution in [0.3, 0.4) is 0 Å². The number of rotatable bonds is 8. The zero-order chi connectivity index (χ0) is 20.0. The number of hydrogen-bond donors (Lipinski definition) is 3. The molecule has 4 N–H and O–H groups in total. The summed E-state index contributed by atoms with van der Waals surface area (Å²) in [6.07, 6.45) is 0. The van der Waals surface area contributed by atoms with Crippen LogP contribution < -0.4 is 11.1 Å². The van der Waals surface area contributed by atoms with Gasteiger partial charge in [0, 0.05) is 11.4 Å². The molecule has 10 heteroatoms. The molecule has 0 saturated heterocycles. The number of carboxylic acids is 1. The summed E-state index contributed by atoms with van der Waals surface area (Å²) in [5.74, 6) is -3.25. The van der Waals surface area contributed by atoms with Gasteiger partial charge in [0.15, 0.2) is 0 Å². The van der Waals surface area contributed by atoms with Crippen molar-refractivity contribution in [3.8, 4) is 6.07 Å².